The van der Waals surface area contributed by atoms with Crippen LogP contribution in [0, 0.1) is 0 Å². The highest BCUT2D eigenvalue weighted by Crippen LogP contribution is 2.40. The van der Waals surface area contributed by atoms with Gasteiger partial charge >= 0.3 is 18.2 Å². The lowest BCUT2D eigenvalue weighted by Crippen LogP contribution is -2.54. The highest BCUT2D eigenvalue weighted by atomic mass is 19.4. The fourth-order valence-corrected chi connectivity index (χ4v) is 5.43. The number of urea groups is 1. The van der Waals surface area contributed by atoms with Gasteiger partial charge in [-0.05, 0) is 43.7 Å². The van der Waals surface area contributed by atoms with Gasteiger partial charge < -0.3 is 24.4 Å². The first-order valence-corrected chi connectivity index (χ1v) is 13.7. The van der Waals surface area contributed by atoms with Gasteiger partial charge in [0, 0.05) is 50.5 Å². The molecule has 10 nitrogen and oxygen atoms in total. The van der Waals surface area contributed by atoms with Crippen molar-refractivity contribution in [1.29, 1.82) is 0 Å². The van der Waals surface area contributed by atoms with Crippen LogP contribution in [0.25, 0.3) is 0 Å². The average molecular weight is 589 g/mol. The van der Waals surface area contributed by atoms with Gasteiger partial charge in [-0.3, -0.25) is 14.6 Å². The molecule has 3 amide bonds. The van der Waals surface area contributed by atoms with Gasteiger partial charge in [0.15, 0.2) is 11.5 Å². The molecule has 0 radical (unpaired) electrons. The number of nitrogens with one attached hydrogen (secondary N) is 1. The maximum atomic E-state index is 14.0. The van der Waals surface area contributed by atoms with E-state index in [9.17, 15) is 27.6 Å². The van der Waals surface area contributed by atoms with E-state index >= 15 is 0 Å². The zero-order valence-corrected chi connectivity index (χ0v) is 23.2. The lowest BCUT2D eigenvalue weighted by atomic mass is 9.90. The molecular formula is C29H31F3N4O6. The Morgan fingerprint density at radius 3 is 2.43 bits per heavy atom. The van der Waals surface area contributed by atoms with Gasteiger partial charge in [0.25, 0.3) is 5.91 Å². The van der Waals surface area contributed by atoms with E-state index in [4.69, 9.17) is 14.2 Å². The topological polar surface area (TPSA) is 101 Å². The second-order valence-electron chi connectivity index (χ2n) is 9.93. The lowest BCUT2D eigenvalue weighted by Gasteiger charge is -2.40. The fraction of sp³-hybridized carbons (Fsp3) is 0.414. The molecule has 2 aromatic rings. The van der Waals surface area contributed by atoms with E-state index in [1.54, 1.807) is 36.9 Å². The van der Waals surface area contributed by atoms with Crippen molar-refractivity contribution >= 4 is 17.9 Å². The third-order valence-electron chi connectivity index (χ3n) is 7.48. The summed E-state index contributed by atoms with van der Waals surface area (Å²) in [4.78, 5) is 44.7. The standard InChI is InChI=1S/C29H31F3N4O6/c1-3-36-21(16-34-11-13-35(14-12-34)26(37)18-9-10-22-23(15-18)42-17-41-22)24(27(38)40-4-2)25(33-28(36)39)19-7-5-6-8-20(19)29(30,31)32/h5-10,15,25H,3-4,11-14,16-17H2,1-2H3,(H,33,39)/t25-/m1/s1. The van der Waals surface area contributed by atoms with E-state index in [2.05, 4.69) is 5.32 Å². The first kappa shape index (κ1) is 29.2. The molecule has 1 N–H and O–H groups in total. The molecule has 0 bridgehead atoms. The molecule has 0 spiro atoms. The van der Waals surface area contributed by atoms with E-state index in [0.717, 1.165) is 6.07 Å². The molecule has 42 heavy (non-hydrogen) atoms. The number of esters is 1. The summed E-state index contributed by atoms with van der Waals surface area (Å²) < 4.78 is 57.9. The van der Waals surface area contributed by atoms with Crippen LogP contribution < -0.4 is 14.8 Å². The number of alkyl halides is 3. The number of nitrogens with zero attached hydrogens (tertiary/aromatic N) is 3. The van der Waals surface area contributed by atoms with Crippen molar-refractivity contribution in [3.05, 3.63) is 70.4 Å². The SMILES string of the molecule is CCOC(=O)C1=C(CN2CCN(C(=O)c3ccc4c(c3)OCO4)CC2)N(CC)C(=O)N[C@@H]1c1ccccc1C(F)(F)F. The monoisotopic (exact) mass is 588 g/mol. The highest BCUT2D eigenvalue weighted by molar-refractivity contribution is 5.96. The summed E-state index contributed by atoms with van der Waals surface area (Å²) in [5, 5.41) is 2.60. The van der Waals surface area contributed by atoms with Crippen molar-refractivity contribution in [3.8, 4) is 11.5 Å². The summed E-state index contributed by atoms with van der Waals surface area (Å²) in [6.07, 6.45) is -4.70. The Bertz CT molecular complexity index is 1400. The van der Waals surface area contributed by atoms with Gasteiger partial charge in [0.1, 0.15) is 0 Å². The van der Waals surface area contributed by atoms with Gasteiger partial charge in [-0.2, -0.15) is 13.2 Å². The largest absolute Gasteiger partial charge is 0.463 e. The van der Waals surface area contributed by atoms with Gasteiger partial charge in [0.05, 0.1) is 23.8 Å². The summed E-state index contributed by atoms with van der Waals surface area (Å²) in [6, 6.07) is 7.91. The average Bonchev–Trinajstić information content (AvgIpc) is 3.45. The number of hydrogen-bond acceptors (Lipinski definition) is 7. The normalized spacial score (nSPS) is 19.2. The molecule has 1 fully saturated rings. The summed E-state index contributed by atoms with van der Waals surface area (Å²) in [7, 11) is 0. The molecule has 3 heterocycles. The first-order valence-electron chi connectivity index (χ1n) is 13.7. The van der Waals surface area contributed by atoms with Crippen molar-refractivity contribution in [3.63, 3.8) is 0 Å². The summed E-state index contributed by atoms with van der Waals surface area (Å²) in [6.45, 7) is 5.28. The van der Waals surface area contributed by atoms with Crippen LogP contribution in [0.1, 0.15) is 41.4 Å². The predicted octanol–water partition coefficient (Wildman–Crippen LogP) is 3.80. The second kappa shape index (κ2) is 11.9. The predicted molar refractivity (Wildman–Crippen MR) is 144 cm³/mol. The van der Waals surface area contributed by atoms with Crippen LogP contribution in [-0.4, -0.2) is 85.3 Å². The smallest absolute Gasteiger partial charge is 0.416 e. The van der Waals surface area contributed by atoms with Gasteiger partial charge in [-0.25, -0.2) is 9.59 Å². The van der Waals surface area contributed by atoms with Crippen molar-refractivity contribution < 1.29 is 41.8 Å². The van der Waals surface area contributed by atoms with Crippen LogP contribution in [0.2, 0.25) is 0 Å². The molecule has 0 aromatic heterocycles. The van der Waals surface area contributed by atoms with Crippen LogP contribution >= 0.6 is 0 Å². The van der Waals surface area contributed by atoms with E-state index in [-0.39, 0.29) is 49.2 Å². The number of carbonyl (C=O) groups excluding carboxylic acids is 3. The molecule has 0 aliphatic carbocycles. The molecule has 2 aromatic carbocycles. The lowest BCUT2D eigenvalue weighted by molar-refractivity contribution is -0.141. The zero-order valence-electron chi connectivity index (χ0n) is 23.2. The summed E-state index contributed by atoms with van der Waals surface area (Å²) in [5.41, 5.74) is -0.496. The first-order chi connectivity index (χ1) is 20.1. The van der Waals surface area contributed by atoms with Gasteiger partial charge in [-0.15, -0.1) is 0 Å². The minimum Gasteiger partial charge on any atom is -0.463 e. The molecule has 224 valence electrons. The molecule has 3 aliphatic heterocycles. The van der Waals surface area contributed by atoms with Gasteiger partial charge in [0.2, 0.25) is 6.79 Å². The quantitative estimate of drug-likeness (QED) is 0.492. The number of carbonyl (C=O) groups is 3. The fourth-order valence-electron chi connectivity index (χ4n) is 5.43. The van der Waals surface area contributed by atoms with Crippen molar-refractivity contribution in [1.82, 2.24) is 20.0 Å². The molecule has 3 aliphatic rings. The second-order valence-corrected chi connectivity index (χ2v) is 9.93. The van der Waals surface area contributed by atoms with Crippen molar-refractivity contribution in [2.24, 2.45) is 0 Å². The third kappa shape index (κ3) is 5.73. The Labute approximate surface area is 240 Å². The molecule has 13 heteroatoms. The molecule has 5 rings (SSSR count). The van der Waals surface area contributed by atoms with Gasteiger partial charge in [-0.1, -0.05) is 18.2 Å². The molecule has 0 unspecified atom stereocenters. The number of hydrogen-bond donors (Lipinski definition) is 1. The minimum atomic E-state index is -4.70. The number of ether oxygens (including phenoxy) is 3. The van der Waals surface area contributed by atoms with E-state index in [1.807, 2.05) is 4.90 Å². The van der Waals surface area contributed by atoms with E-state index in [1.165, 1.54) is 23.1 Å². The molecular weight excluding hydrogens is 557 g/mol. The number of rotatable bonds is 7. The minimum absolute atomic E-state index is 0.00394. The number of amides is 3. The summed E-state index contributed by atoms with van der Waals surface area (Å²) >= 11 is 0. The number of fused-ring (bicyclic) bond motifs is 1. The Balaban J connectivity index is 1.42. The maximum absolute atomic E-state index is 14.0. The van der Waals surface area contributed by atoms with Crippen LogP contribution in [0.15, 0.2) is 53.7 Å². The van der Waals surface area contributed by atoms with E-state index < -0.39 is 29.8 Å². The van der Waals surface area contributed by atoms with E-state index in [0.29, 0.717) is 43.2 Å². The van der Waals surface area contributed by atoms with Crippen LogP contribution in [0.5, 0.6) is 11.5 Å². The Hall–Kier alpha value is -4.26. The van der Waals surface area contributed by atoms with Crippen LogP contribution in [0.3, 0.4) is 0 Å². The van der Waals surface area contributed by atoms with Crippen molar-refractivity contribution in [2.75, 3.05) is 52.7 Å². The Morgan fingerprint density at radius 2 is 1.74 bits per heavy atom. The Kier molecular flexibility index (Phi) is 8.30. The molecule has 1 atom stereocenters. The van der Waals surface area contributed by atoms with Crippen LogP contribution in [0.4, 0.5) is 18.0 Å². The number of benzene rings is 2. The summed E-state index contributed by atoms with van der Waals surface area (Å²) in [5.74, 6) is 0.116. The number of piperazine rings is 1. The molecule has 0 saturated carbocycles. The van der Waals surface area contributed by atoms with Crippen LogP contribution in [-0.2, 0) is 15.7 Å². The maximum Gasteiger partial charge on any atom is 0.416 e. The van der Waals surface area contributed by atoms with Crippen molar-refractivity contribution in [2.45, 2.75) is 26.1 Å². The zero-order chi connectivity index (χ0) is 30.0. The number of halogens is 3. The Morgan fingerprint density at radius 1 is 1.02 bits per heavy atom. The molecule has 1 saturated heterocycles. The number of likely N-dealkylation sites (N-methyl/N-ethyl adjacent to an activating group) is 1. The highest BCUT2D eigenvalue weighted by Gasteiger charge is 2.43. The third-order valence-corrected chi connectivity index (χ3v) is 7.48.